The van der Waals surface area contributed by atoms with Gasteiger partial charge in [0.1, 0.15) is 0 Å². The molecule has 1 unspecified atom stereocenters. The van der Waals surface area contributed by atoms with Gasteiger partial charge in [-0.05, 0) is 49.8 Å². The number of rotatable bonds is 7. The van der Waals surface area contributed by atoms with Gasteiger partial charge in [0.15, 0.2) is 0 Å². The standard InChI is InChI=1S/C16H23ClO3/c17-14-5-1-4-13(10-14)16(11-18,12-19)8-2-6-15-7-3-9-20-15/h1,4-5,10,15,18-19H,2-3,6-9,11-12H2. The Morgan fingerprint density at radius 1 is 1.30 bits per heavy atom. The summed E-state index contributed by atoms with van der Waals surface area (Å²) < 4.78 is 5.61. The van der Waals surface area contributed by atoms with E-state index in [-0.39, 0.29) is 13.2 Å². The van der Waals surface area contributed by atoms with E-state index in [0.29, 0.717) is 11.1 Å². The molecular formula is C16H23ClO3. The van der Waals surface area contributed by atoms with E-state index in [2.05, 4.69) is 0 Å². The van der Waals surface area contributed by atoms with Gasteiger partial charge < -0.3 is 14.9 Å². The van der Waals surface area contributed by atoms with E-state index >= 15 is 0 Å². The van der Waals surface area contributed by atoms with Crippen molar-refractivity contribution in [2.45, 2.75) is 43.6 Å². The fourth-order valence-electron chi connectivity index (χ4n) is 2.89. The molecule has 0 aromatic heterocycles. The highest BCUT2D eigenvalue weighted by Crippen LogP contribution is 2.32. The Morgan fingerprint density at radius 2 is 2.10 bits per heavy atom. The Hall–Kier alpha value is -0.610. The molecule has 20 heavy (non-hydrogen) atoms. The van der Waals surface area contributed by atoms with Crippen LogP contribution < -0.4 is 0 Å². The number of ether oxygens (including phenoxy) is 1. The maximum absolute atomic E-state index is 9.78. The Labute approximate surface area is 125 Å². The second-order valence-corrected chi connectivity index (χ2v) is 6.07. The minimum atomic E-state index is -0.608. The topological polar surface area (TPSA) is 49.7 Å². The van der Waals surface area contributed by atoms with Gasteiger partial charge >= 0.3 is 0 Å². The first-order valence-corrected chi connectivity index (χ1v) is 7.67. The number of aliphatic hydroxyl groups excluding tert-OH is 2. The van der Waals surface area contributed by atoms with Gasteiger partial charge in [0.05, 0.1) is 19.3 Å². The smallest absolute Gasteiger partial charge is 0.0576 e. The van der Waals surface area contributed by atoms with Crippen LogP contribution in [-0.4, -0.2) is 36.1 Å². The molecular weight excluding hydrogens is 276 g/mol. The molecule has 112 valence electrons. The monoisotopic (exact) mass is 298 g/mol. The lowest BCUT2D eigenvalue weighted by Gasteiger charge is -2.31. The lowest BCUT2D eigenvalue weighted by Crippen LogP contribution is -2.35. The van der Waals surface area contributed by atoms with Crippen molar-refractivity contribution >= 4 is 11.6 Å². The van der Waals surface area contributed by atoms with Crippen LogP contribution in [0, 0.1) is 0 Å². The molecule has 1 aliphatic heterocycles. The summed E-state index contributed by atoms with van der Waals surface area (Å²) in [7, 11) is 0. The van der Waals surface area contributed by atoms with Crippen LogP contribution in [0.4, 0.5) is 0 Å². The minimum absolute atomic E-state index is 0.0740. The third kappa shape index (κ3) is 3.73. The van der Waals surface area contributed by atoms with Gasteiger partial charge in [-0.25, -0.2) is 0 Å². The predicted molar refractivity (Wildman–Crippen MR) is 80.1 cm³/mol. The van der Waals surface area contributed by atoms with Crippen LogP contribution in [0.15, 0.2) is 24.3 Å². The van der Waals surface area contributed by atoms with E-state index < -0.39 is 5.41 Å². The molecule has 1 aliphatic rings. The maximum atomic E-state index is 9.78. The lowest BCUT2D eigenvalue weighted by molar-refractivity contribution is 0.0841. The summed E-state index contributed by atoms with van der Waals surface area (Å²) in [6, 6.07) is 7.42. The Bertz CT molecular complexity index is 412. The molecule has 3 nitrogen and oxygen atoms in total. The summed E-state index contributed by atoms with van der Waals surface area (Å²) in [5.74, 6) is 0. The van der Waals surface area contributed by atoms with Crippen molar-refractivity contribution in [2.75, 3.05) is 19.8 Å². The molecule has 0 amide bonds. The van der Waals surface area contributed by atoms with Crippen molar-refractivity contribution < 1.29 is 14.9 Å². The quantitative estimate of drug-likeness (QED) is 0.814. The molecule has 1 heterocycles. The Kier molecular flexibility index (Phi) is 5.85. The van der Waals surface area contributed by atoms with E-state index in [1.807, 2.05) is 18.2 Å². The van der Waals surface area contributed by atoms with Crippen LogP contribution in [0.25, 0.3) is 0 Å². The van der Waals surface area contributed by atoms with Crippen molar-refractivity contribution in [3.63, 3.8) is 0 Å². The third-order valence-electron chi connectivity index (χ3n) is 4.25. The molecule has 0 bridgehead atoms. The van der Waals surface area contributed by atoms with Crippen LogP contribution >= 0.6 is 11.6 Å². The van der Waals surface area contributed by atoms with E-state index in [0.717, 1.165) is 44.3 Å². The molecule has 0 spiro atoms. The fourth-order valence-corrected chi connectivity index (χ4v) is 3.08. The molecule has 1 aromatic carbocycles. The van der Waals surface area contributed by atoms with Crippen molar-refractivity contribution in [2.24, 2.45) is 0 Å². The number of benzene rings is 1. The van der Waals surface area contributed by atoms with Gasteiger partial charge in [0, 0.05) is 17.0 Å². The SMILES string of the molecule is OCC(CO)(CCCC1CCCO1)c1cccc(Cl)c1. The van der Waals surface area contributed by atoms with Gasteiger partial charge in [0.25, 0.3) is 0 Å². The summed E-state index contributed by atoms with van der Waals surface area (Å²) in [4.78, 5) is 0. The second kappa shape index (κ2) is 7.41. The van der Waals surface area contributed by atoms with Crippen molar-refractivity contribution in [1.29, 1.82) is 0 Å². The van der Waals surface area contributed by atoms with Crippen molar-refractivity contribution in [3.05, 3.63) is 34.9 Å². The van der Waals surface area contributed by atoms with Crippen LogP contribution in [0.2, 0.25) is 5.02 Å². The first-order valence-electron chi connectivity index (χ1n) is 7.29. The largest absolute Gasteiger partial charge is 0.395 e. The molecule has 2 rings (SSSR count). The molecule has 0 aliphatic carbocycles. The molecule has 1 aromatic rings. The third-order valence-corrected chi connectivity index (χ3v) is 4.48. The fraction of sp³-hybridized carbons (Fsp3) is 0.625. The van der Waals surface area contributed by atoms with E-state index in [4.69, 9.17) is 16.3 Å². The van der Waals surface area contributed by atoms with E-state index in [1.165, 1.54) is 0 Å². The zero-order chi connectivity index (χ0) is 14.4. The highest BCUT2D eigenvalue weighted by atomic mass is 35.5. The first-order chi connectivity index (χ1) is 9.70. The average Bonchev–Trinajstić information content (AvgIpc) is 2.97. The lowest BCUT2D eigenvalue weighted by atomic mass is 9.77. The summed E-state index contributed by atoms with van der Waals surface area (Å²) in [5.41, 5.74) is 0.297. The van der Waals surface area contributed by atoms with Gasteiger partial charge in [0.2, 0.25) is 0 Å². The van der Waals surface area contributed by atoms with Gasteiger partial charge in [-0.1, -0.05) is 23.7 Å². The predicted octanol–water partition coefficient (Wildman–Crippen LogP) is 2.91. The number of hydrogen-bond acceptors (Lipinski definition) is 3. The summed E-state index contributed by atoms with van der Waals surface area (Å²) in [6.45, 7) is 0.717. The summed E-state index contributed by atoms with van der Waals surface area (Å²) in [5, 5.41) is 20.2. The molecule has 0 radical (unpaired) electrons. The molecule has 4 heteroatoms. The number of aliphatic hydroxyl groups is 2. The molecule has 0 saturated carbocycles. The zero-order valence-electron chi connectivity index (χ0n) is 11.7. The van der Waals surface area contributed by atoms with Gasteiger partial charge in [-0.2, -0.15) is 0 Å². The minimum Gasteiger partial charge on any atom is -0.395 e. The zero-order valence-corrected chi connectivity index (χ0v) is 12.5. The van der Waals surface area contributed by atoms with Gasteiger partial charge in [-0.3, -0.25) is 0 Å². The molecule has 1 fully saturated rings. The average molecular weight is 299 g/mol. The normalized spacial score (nSPS) is 19.4. The Balaban J connectivity index is 2.00. The molecule has 1 atom stereocenters. The highest BCUT2D eigenvalue weighted by molar-refractivity contribution is 6.30. The molecule has 2 N–H and O–H groups in total. The van der Waals surface area contributed by atoms with E-state index in [9.17, 15) is 10.2 Å². The van der Waals surface area contributed by atoms with Crippen molar-refractivity contribution in [1.82, 2.24) is 0 Å². The van der Waals surface area contributed by atoms with Gasteiger partial charge in [-0.15, -0.1) is 0 Å². The van der Waals surface area contributed by atoms with Crippen LogP contribution in [0.3, 0.4) is 0 Å². The van der Waals surface area contributed by atoms with Crippen molar-refractivity contribution in [3.8, 4) is 0 Å². The second-order valence-electron chi connectivity index (χ2n) is 5.63. The Morgan fingerprint density at radius 3 is 2.70 bits per heavy atom. The molecule has 1 saturated heterocycles. The van der Waals surface area contributed by atoms with Crippen LogP contribution in [0.5, 0.6) is 0 Å². The number of hydrogen-bond donors (Lipinski definition) is 2. The van der Waals surface area contributed by atoms with Crippen LogP contribution in [0.1, 0.15) is 37.7 Å². The highest BCUT2D eigenvalue weighted by Gasteiger charge is 2.31. The van der Waals surface area contributed by atoms with Crippen LogP contribution in [-0.2, 0) is 10.2 Å². The number of halogens is 1. The summed E-state index contributed by atoms with van der Waals surface area (Å²) in [6.07, 6.45) is 5.28. The first kappa shape index (κ1) is 15.8. The maximum Gasteiger partial charge on any atom is 0.0576 e. The van der Waals surface area contributed by atoms with E-state index in [1.54, 1.807) is 6.07 Å². The summed E-state index contributed by atoms with van der Waals surface area (Å²) >= 11 is 6.02.